The molecular weight excluding hydrogens is 415 g/mol. The van der Waals surface area contributed by atoms with Crippen LogP contribution in [0.2, 0.25) is 5.02 Å². The van der Waals surface area contributed by atoms with Crippen molar-refractivity contribution in [3.63, 3.8) is 0 Å². The summed E-state index contributed by atoms with van der Waals surface area (Å²) in [6.07, 6.45) is -4.08. The summed E-state index contributed by atoms with van der Waals surface area (Å²) < 4.78 is 37.6. The number of amides is 1. The summed E-state index contributed by atoms with van der Waals surface area (Å²) in [6, 6.07) is 6.55. The van der Waals surface area contributed by atoms with E-state index in [0.29, 0.717) is 47.6 Å². The van der Waals surface area contributed by atoms with Gasteiger partial charge in [-0.05, 0) is 24.3 Å². The highest BCUT2D eigenvalue weighted by molar-refractivity contribution is 7.09. The number of hydrogen-bond acceptors (Lipinski definition) is 4. The Labute approximate surface area is 169 Å². The molecule has 2 rings (SSSR count). The molecule has 0 bridgehead atoms. The van der Waals surface area contributed by atoms with Gasteiger partial charge < -0.3 is 16.0 Å². The fourth-order valence-corrected chi connectivity index (χ4v) is 3.06. The van der Waals surface area contributed by atoms with Crippen molar-refractivity contribution in [2.24, 2.45) is 4.99 Å². The third-order valence-electron chi connectivity index (χ3n) is 3.51. The van der Waals surface area contributed by atoms with Crippen molar-refractivity contribution in [2.45, 2.75) is 12.6 Å². The van der Waals surface area contributed by atoms with Crippen molar-refractivity contribution in [1.29, 1.82) is 0 Å². The standard InChI is InChI=1S/C17H19ClF3N5OS/c1-22-16(24-7-6-14-26-13(10-28-14)17(19,20)21)25-9-8-23-15(27)11-2-4-12(18)5-3-11/h2-5,10H,6-9H2,1H3,(H,23,27)(H2,22,24,25). The van der Waals surface area contributed by atoms with Gasteiger partial charge in [-0.15, -0.1) is 11.3 Å². The Balaban J connectivity index is 1.66. The third kappa shape index (κ3) is 7.01. The first-order valence-electron chi connectivity index (χ1n) is 8.29. The summed E-state index contributed by atoms with van der Waals surface area (Å²) in [7, 11) is 1.58. The predicted octanol–water partition coefficient (Wildman–Crippen LogP) is 2.95. The molecule has 152 valence electrons. The Morgan fingerprint density at radius 1 is 1.14 bits per heavy atom. The van der Waals surface area contributed by atoms with Crippen LogP contribution >= 0.6 is 22.9 Å². The van der Waals surface area contributed by atoms with Gasteiger partial charge in [0.05, 0.1) is 5.01 Å². The number of aliphatic imine (C=N–C) groups is 1. The Hall–Kier alpha value is -2.33. The molecule has 0 aliphatic heterocycles. The van der Waals surface area contributed by atoms with Gasteiger partial charge in [-0.2, -0.15) is 13.2 Å². The average molecular weight is 434 g/mol. The first kappa shape index (κ1) is 22.0. The molecule has 28 heavy (non-hydrogen) atoms. The van der Waals surface area contributed by atoms with E-state index in [1.54, 1.807) is 31.3 Å². The van der Waals surface area contributed by atoms with E-state index in [1.165, 1.54) is 0 Å². The molecule has 1 amide bonds. The molecule has 1 aromatic carbocycles. The van der Waals surface area contributed by atoms with Gasteiger partial charge in [0, 0.05) is 49.1 Å². The molecule has 0 spiro atoms. The van der Waals surface area contributed by atoms with E-state index in [4.69, 9.17) is 11.6 Å². The zero-order valence-electron chi connectivity index (χ0n) is 14.9. The minimum Gasteiger partial charge on any atom is -0.356 e. The Morgan fingerprint density at radius 2 is 1.79 bits per heavy atom. The maximum Gasteiger partial charge on any atom is 0.434 e. The summed E-state index contributed by atoms with van der Waals surface area (Å²) in [5, 5.41) is 10.7. The number of thiazole rings is 1. The molecule has 0 radical (unpaired) electrons. The summed E-state index contributed by atoms with van der Waals surface area (Å²) in [5.41, 5.74) is -0.361. The van der Waals surface area contributed by atoms with Gasteiger partial charge >= 0.3 is 6.18 Å². The number of carbonyl (C=O) groups excluding carboxylic acids is 1. The minimum absolute atomic E-state index is 0.217. The van der Waals surface area contributed by atoms with Crippen LogP contribution < -0.4 is 16.0 Å². The molecule has 0 atom stereocenters. The number of nitrogens with one attached hydrogen (secondary N) is 3. The number of halogens is 4. The summed E-state index contributed by atoms with van der Waals surface area (Å²) in [6.45, 7) is 1.17. The number of rotatable bonds is 7. The van der Waals surface area contributed by atoms with E-state index in [2.05, 4.69) is 25.9 Å². The molecule has 2 aromatic rings. The van der Waals surface area contributed by atoms with Gasteiger partial charge in [0.15, 0.2) is 11.7 Å². The highest BCUT2D eigenvalue weighted by Gasteiger charge is 2.33. The molecule has 0 saturated carbocycles. The highest BCUT2D eigenvalue weighted by atomic mass is 35.5. The molecule has 1 heterocycles. The van der Waals surface area contributed by atoms with E-state index in [0.717, 1.165) is 16.7 Å². The van der Waals surface area contributed by atoms with Gasteiger partial charge in [-0.3, -0.25) is 9.79 Å². The summed E-state index contributed by atoms with van der Waals surface area (Å²) in [4.78, 5) is 19.5. The summed E-state index contributed by atoms with van der Waals surface area (Å²) in [5.74, 6) is 0.263. The topological polar surface area (TPSA) is 78.4 Å². The molecule has 1 aromatic heterocycles. The van der Waals surface area contributed by atoms with Crippen LogP contribution in [0.25, 0.3) is 0 Å². The normalized spacial score (nSPS) is 12.0. The fourth-order valence-electron chi connectivity index (χ4n) is 2.12. The van der Waals surface area contributed by atoms with Crippen LogP contribution in [0, 0.1) is 0 Å². The van der Waals surface area contributed by atoms with Crippen molar-refractivity contribution in [3.8, 4) is 0 Å². The second-order valence-corrected chi connectivity index (χ2v) is 6.94. The second-order valence-electron chi connectivity index (χ2n) is 5.56. The lowest BCUT2D eigenvalue weighted by Crippen LogP contribution is -2.42. The van der Waals surface area contributed by atoms with E-state index >= 15 is 0 Å². The Kier molecular flexibility index (Phi) is 8.06. The molecular formula is C17H19ClF3N5OS. The van der Waals surface area contributed by atoms with Crippen LogP contribution in [0.1, 0.15) is 21.1 Å². The number of benzene rings is 1. The molecule has 11 heteroatoms. The van der Waals surface area contributed by atoms with Gasteiger partial charge in [0.2, 0.25) is 0 Å². The number of hydrogen-bond donors (Lipinski definition) is 3. The first-order valence-corrected chi connectivity index (χ1v) is 9.55. The number of carbonyl (C=O) groups is 1. The fraction of sp³-hybridized carbons (Fsp3) is 0.353. The van der Waals surface area contributed by atoms with E-state index in [9.17, 15) is 18.0 Å². The van der Waals surface area contributed by atoms with Crippen molar-refractivity contribution in [3.05, 3.63) is 50.9 Å². The largest absolute Gasteiger partial charge is 0.434 e. The first-order chi connectivity index (χ1) is 13.3. The maximum atomic E-state index is 12.5. The van der Waals surface area contributed by atoms with Gasteiger partial charge in [0.1, 0.15) is 0 Å². The van der Waals surface area contributed by atoms with Crippen LogP contribution in [0.4, 0.5) is 13.2 Å². The SMILES string of the molecule is CN=C(NCCNC(=O)c1ccc(Cl)cc1)NCCc1nc(C(F)(F)F)cs1. The molecule has 0 unspecified atom stereocenters. The van der Waals surface area contributed by atoms with Crippen molar-refractivity contribution < 1.29 is 18.0 Å². The smallest absolute Gasteiger partial charge is 0.356 e. The molecule has 0 aliphatic rings. The second kappa shape index (κ2) is 10.3. The quantitative estimate of drug-likeness (QED) is 0.356. The number of alkyl halides is 3. The van der Waals surface area contributed by atoms with Crippen molar-refractivity contribution in [1.82, 2.24) is 20.9 Å². The van der Waals surface area contributed by atoms with Gasteiger partial charge in [-0.1, -0.05) is 11.6 Å². The lowest BCUT2D eigenvalue weighted by Gasteiger charge is -2.12. The van der Waals surface area contributed by atoms with Crippen molar-refractivity contribution in [2.75, 3.05) is 26.7 Å². The zero-order valence-corrected chi connectivity index (χ0v) is 16.5. The van der Waals surface area contributed by atoms with E-state index < -0.39 is 11.9 Å². The molecule has 3 N–H and O–H groups in total. The average Bonchev–Trinajstić information content (AvgIpc) is 3.13. The molecule has 6 nitrogen and oxygen atoms in total. The monoisotopic (exact) mass is 433 g/mol. The Bertz CT molecular complexity index is 808. The number of aromatic nitrogens is 1. The minimum atomic E-state index is -4.42. The Morgan fingerprint density at radius 3 is 2.39 bits per heavy atom. The van der Waals surface area contributed by atoms with Crippen molar-refractivity contribution >= 4 is 34.8 Å². The van der Waals surface area contributed by atoms with E-state index in [1.807, 2.05) is 0 Å². The highest BCUT2D eigenvalue weighted by Crippen LogP contribution is 2.29. The van der Waals surface area contributed by atoms with Crippen LogP contribution in [-0.4, -0.2) is 43.5 Å². The van der Waals surface area contributed by atoms with Crippen LogP contribution in [-0.2, 0) is 12.6 Å². The predicted molar refractivity (Wildman–Crippen MR) is 104 cm³/mol. The zero-order chi connectivity index (χ0) is 20.6. The van der Waals surface area contributed by atoms with Crippen LogP contribution in [0.5, 0.6) is 0 Å². The number of nitrogens with zero attached hydrogens (tertiary/aromatic N) is 2. The van der Waals surface area contributed by atoms with Gasteiger partial charge in [-0.25, -0.2) is 4.98 Å². The van der Waals surface area contributed by atoms with Crippen LogP contribution in [0.3, 0.4) is 0 Å². The number of guanidine groups is 1. The lowest BCUT2D eigenvalue weighted by molar-refractivity contribution is -0.140. The molecule has 0 saturated heterocycles. The molecule has 0 fully saturated rings. The third-order valence-corrected chi connectivity index (χ3v) is 4.67. The summed E-state index contributed by atoms with van der Waals surface area (Å²) >= 11 is 6.75. The van der Waals surface area contributed by atoms with E-state index in [-0.39, 0.29) is 5.91 Å². The lowest BCUT2D eigenvalue weighted by atomic mass is 10.2. The van der Waals surface area contributed by atoms with Crippen LogP contribution in [0.15, 0.2) is 34.6 Å². The molecule has 0 aliphatic carbocycles. The van der Waals surface area contributed by atoms with Gasteiger partial charge in [0.25, 0.3) is 5.91 Å². The maximum absolute atomic E-state index is 12.5.